The fraction of sp³-hybridized carbons (Fsp3) is 1.00. The Morgan fingerprint density at radius 3 is 2.57 bits per heavy atom. The minimum absolute atomic E-state index is 0.472. The summed E-state index contributed by atoms with van der Waals surface area (Å²) in [7, 11) is 2.07. The second kappa shape index (κ2) is 3.77. The Morgan fingerprint density at radius 1 is 1.50 bits per heavy atom. The zero-order valence-corrected chi connectivity index (χ0v) is 9.07. The van der Waals surface area contributed by atoms with E-state index in [0.717, 1.165) is 39.4 Å². The Kier molecular flexibility index (Phi) is 2.79. The van der Waals surface area contributed by atoms with Crippen molar-refractivity contribution in [2.24, 2.45) is 0 Å². The van der Waals surface area contributed by atoms with Gasteiger partial charge in [0.05, 0.1) is 19.3 Å². The predicted octanol–water partition coefficient (Wildman–Crippen LogP) is -0.616. The lowest BCUT2D eigenvalue weighted by molar-refractivity contribution is -0.134. The molecule has 2 heterocycles. The van der Waals surface area contributed by atoms with Gasteiger partial charge in [0.1, 0.15) is 5.60 Å². The Labute approximate surface area is 85.4 Å². The van der Waals surface area contributed by atoms with Crippen LogP contribution in [0.25, 0.3) is 0 Å². The van der Waals surface area contributed by atoms with Gasteiger partial charge in [-0.25, -0.2) is 0 Å². The maximum absolute atomic E-state index is 10.1. The molecule has 82 valence electrons. The monoisotopic (exact) mass is 200 g/mol. The molecule has 0 bridgehead atoms. The van der Waals surface area contributed by atoms with Crippen molar-refractivity contribution in [3.05, 3.63) is 0 Å². The van der Waals surface area contributed by atoms with Crippen molar-refractivity contribution in [2.75, 3.05) is 46.4 Å². The second-order valence-electron chi connectivity index (χ2n) is 4.63. The number of aliphatic hydroxyl groups is 1. The van der Waals surface area contributed by atoms with Crippen molar-refractivity contribution in [3.8, 4) is 0 Å². The van der Waals surface area contributed by atoms with Crippen LogP contribution in [0.4, 0.5) is 0 Å². The number of β-amino-alcohol motifs (C(OH)–C–C–N with tert-alkyl or cyclic N) is 1. The first-order valence-corrected chi connectivity index (χ1v) is 5.36. The van der Waals surface area contributed by atoms with Gasteiger partial charge in [-0.15, -0.1) is 0 Å². The summed E-state index contributed by atoms with van der Waals surface area (Å²) in [4.78, 5) is 4.47. The van der Waals surface area contributed by atoms with Crippen LogP contribution in [0.5, 0.6) is 0 Å². The molecule has 2 fully saturated rings. The fourth-order valence-corrected chi connectivity index (χ4v) is 2.18. The lowest BCUT2D eigenvalue weighted by Crippen LogP contribution is -2.67. The lowest BCUT2D eigenvalue weighted by atomic mass is 9.93. The number of hydrogen-bond donors (Lipinski definition) is 1. The van der Waals surface area contributed by atoms with E-state index < -0.39 is 5.60 Å². The smallest absolute Gasteiger partial charge is 0.103 e. The largest absolute Gasteiger partial charge is 0.386 e. The quantitative estimate of drug-likeness (QED) is 0.656. The maximum atomic E-state index is 10.1. The Bertz CT molecular complexity index is 200. The Balaban J connectivity index is 1.74. The summed E-state index contributed by atoms with van der Waals surface area (Å²) < 4.78 is 5.13. The fourth-order valence-electron chi connectivity index (χ4n) is 2.18. The Morgan fingerprint density at radius 2 is 2.14 bits per heavy atom. The third kappa shape index (κ3) is 1.93. The maximum Gasteiger partial charge on any atom is 0.103 e. The summed E-state index contributed by atoms with van der Waals surface area (Å²) in [6.45, 7) is 7.23. The summed E-state index contributed by atoms with van der Waals surface area (Å²) in [5, 5.41) is 10.1. The summed E-state index contributed by atoms with van der Waals surface area (Å²) in [6.07, 6.45) is 0. The number of ether oxygens (including phenoxy) is 1. The minimum atomic E-state index is -0.472. The molecule has 0 aromatic rings. The molecule has 0 unspecified atom stereocenters. The molecule has 1 N–H and O–H groups in total. The predicted molar refractivity (Wildman–Crippen MR) is 54.3 cm³/mol. The van der Waals surface area contributed by atoms with Gasteiger partial charge in [0, 0.05) is 19.6 Å². The summed E-state index contributed by atoms with van der Waals surface area (Å²) in [5.41, 5.74) is -0.472. The summed E-state index contributed by atoms with van der Waals surface area (Å²) in [5.74, 6) is 0. The molecule has 0 amide bonds. The van der Waals surface area contributed by atoms with Crippen molar-refractivity contribution >= 4 is 0 Å². The normalized spacial score (nSPS) is 27.4. The van der Waals surface area contributed by atoms with Crippen molar-refractivity contribution in [1.82, 2.24) is 9.80 Å². The molecule has 0 aromatic heterocycles. The van der Waals surface area contributed by atoms with Crippen molar-refractivity contribution in [3.63, 3.8) is 0 Å². The molecule has 0 aromatic carbocycles. The first-order chi connectivity index (χ1) is 6.63. The molecule has 2 aliphatic heterocycles. The molecule has 2 rings (SSSR count). The number of likely N-dealkylation sites (N-methyl/N-ethyl adjacent to an activating group) is 2. The first kappa shape index (κ1) is 10.4. The van der Waals surface area contributed by atoms with Crippen LogP contribution < -0.4 is 0 Å². The summed E-state index contributed by atoms with van der Waals surface area (Å²) in [6, 6.07) is 0.523. The van der Waals surface area contributed by atoms with Crippen LogP contribution >= 0.6 is 0 Å². The van der Waals surface area contributed by atoms with Crippen LogP contribution in [0.2, 0.25) is 0 Å². The zero-order chi connectivity index (χ0) is 10.2. The molecule has 14 heavy (non-hydrogen) atoms. The number of hydrogen-bond acceptors (Lipinski definition) is 4. The van der Waals surface area contributed by atoms with Crippen LogP contribution in [0.1, 0.15) is 6.92 Å². The van der Waals surface area contributed by atoms with Gasteiger partial charge in [-0.05, 0) is 13.6 Å². The molecule has 0 radical (unpaired) electrons. The SMILES string of the molecule is CCN1CC(O)(CN(C)C2COC2)C1. The third-order valence-corrected chi connectivity index (χ3v) is 3.27. The minimum Gasteiger partial charge on any atom is -0.386 e. The van der Waals surface area contributed by atoms with Gasteiger partial charge in [-0.1, -0.05) is 6.92 Å². The van der Waals surface area contributed by atoms with Gasteiger partial charge in [0.25, 0.3) is 0 Å². The van der Waals surface area contributed by atoms with E-state index in [4.69, 9.17) is 4.74 Å². The summed E-state index contributed by atoms with van der Waals surface area (Å²) >= 11 is 0. The second-order valence-corrected chi connectivity index (χ2v) is 4.63. The molecule has 0 atom stereocenters. The third-order valence-electron chi connectivity index (χ3n) is 3.27. The van der Waals surface area contributed by atoms with Crippen LogP contribution in [-0.2, 0) is 4.74 Å². The molecular weight excluding hydrogens is 180 g/mol. The average Bonchev–Trinajstić information content (AvgIpc) is 1.95. The van der Waals surface area contributed by atoms with E-state index in [1.165, 1.54) is 0 Å². The van der Waals surface area contributed by atoms with Crippen LogP contribution in [-0.4, -0.2) is 73.0 Å². The van der Waals surface area contributed by atoms with Crippen molar-refractivity contribution in [2.45, 2.75) is 18.6 Å². The average molecular weight is 200 g/mol. The zero-order valence-electron chi connectivity index (χ0n) is 9.07. The van der Waals surface area contributed by atoms with E-state index in [-0.39, 0.29) is 0 Å². The number of rotatable bonds is 4. The molecule has 2 aliphatic rings. The van der Waals surface area contributed by atoms with Gasteiger partial charge in [-0.2, -0.15) is 0 Å². The number of nitrogens with zero attached hydrogens (tertiary/aromatic N) is 2. The van der Waals surface area contributed by atoms with Crippen LogP contribution in [0.15, 0.2) is 0 Å². The topological polar surface area (TPSA) is 35.9 Å². The first-order valence-electron chi connectivity index (χ1n) is 5.36. The van der Waals surface area contributed by atoms with E-state index in [9.17, 15) is 5.11 Å². The highest BCUT2D eigenvalue weighted by Gasteiger charge is 2.42. The highest BCUT2D eigenvalue weighted by molar-refractivity contribution is 4.98. The van der Waals surface area contributed by atoms with Gasteiger partial charge < -0.3 is 9.84 Å². The van der Waals surface area contributed by atoms with E-state index >= 15 is 0 Å². The van der Waals surface area contributed by atoms with Crippen molar-refractivity contribution in [1.29, 1.82) is 0 Å². The highest BCUT2D eigenvalue weighted by Crippen LogP contribution is 2.22. The molecule has 0 saturated carbocycles. The molecule has 2 saturated heterocycles. The molecule has 4 heteroatoms. The van der Waals surface area contributed by atoms with Crippen LogP contribution in [0.3, 0.4) is 0 Å². The van der Waals surface area contributed by atoms with Crippen LogP contribution in [0, 0.1) is 0 Å². The molecular formula is C10H20N2O2. The Hall–Kier alpha value is -0.160. The van der Waals surface area contributed by atoms with E-state index in [0.29, 0.717) is 6.04 Å². The van der Waals surface area contributed by atoms with Gasteiger partial charge >= 0.3 is 0 Å². The standard InChI is InChI=1S/C10H20N2O2/c1-3-12-7-10(13,8-12)6-11(2)9-4-14-5-9/h9,13H,3-8H2,1-2H3. The number of likely N-dealkylation sites (tertiary alicyclic amines) is 1. The molecule has 0 aliphatic carbocycles. The van der Waals surface area contributed by atoms with E-state index in [1.807, 2.05) is 0 Å². The van der Waals surface area contributed by atoms with E-state index in [1.54, 1.807) is 0 Å². The molecule has 0 spiro atoms. The van der Waals surface area contributed by atoms with Gasteiger partial charge in [0.2, 0.25) is 0 Å². The highest BCUT2D eigenvalue weighted by atomic mass is 16.5. The van der Waals surface area contributed by atoms with E-state index in [2.05, 4.69) is 23.8 Å². The molecule has 4 nitrogen and oxygen atoms in total. The van der Waals surface area contributed by atoms with Crippen molar-refractivity contribution < 1.29 is 9.84 Å². The lowest BCUT2D eigenvalue weighted by Gasteiger charge is -2.49. The van der Waals surface area contributed by atoms with Gasteiger partial charge in [-0.3, -0.25) is 9.80 Å². The van der Waals surface area contributed by atoms with Gasteiger partial charge in [0.15, 0.2) is 0 Å².